The summed E-state index contributed by atoms with van der Waals surface area (Å²) in [5.74, 6) is 1.67. The van der Waals surface area contributed by atoms with E-state index in [0.717, 1.165) is 36.8 Å². The minimum Gasteiger partial charge on any atom is -0.335 e. The third-order valence-corrected chi connectivity index (χ3v) is 8.49. The van der Waals surface area contributed by atoms with Gasteiger partial charge in [-0.3, -0.25) is 4.79 Å². The summed E-state index contributed by atoms with van der Waals surface area (Å²) in [4.78, 5) is 17.9. The maximum Gasteiger partial charge on any atom is 0.233 e. The van der Waals surface area contributed by atoms with Gasteiger partial charge in [0.15, 0.2) is 5.16 Å². The van der Waals surface area contributed by atoms with Gasteiger partial charge in [-0.25, -0.2) is 0 Å². The smallest absolute Gasteiger partial charge is 0.233 e. The lowest BCUT2D eigenvalue weighted by atomic mass is 9.98. The molecule has 1 saturated carbocycles. The molecule has 5 rings (SSSR count). The van der Waals surface area contributed by atoms with Crippen LogP contribution in [0.3, 0.4) is 0 Å². The van der Waals surface area contributed by atoms with Crippen molar-refractivity contribution in [2.75, 3.05) is 12.3 Å². The van der Waals surface area contributed by atoms with Crippen molar-refractivity contribution in [2.24, 2.45) is 0 Å². The van der Waals surface area contributed by atoms with Crippen molar-refractivity contribution in [3.05, 3.63) is 50.1 Å². The Bertz CT molecular complexity index is 990. The van der Waals surface area contributed by atoms with Crippen LogP contribution in [0.25, 0.3) is 0 Å². The maximum atomic E-state index is 13.1. The van der Waals surface area contributed by atoms with Crippen LogP contribution in [0.4, 0.5) is 0 Å². The van der Waals surface area contributed by atoms with Gasteiger partial charge in [0.1, 0.15) is 5.82 Å². The van der Waals surface area contributed by atoms with Crippen LogP contribution in [-0.2, 0) is 17.6 Å². The van der Waals surface area contributed by atoms with Gasteiger partial charge >= 0.3 is 0 Å². The quantitative estimate of drug-likeness (QED) is 0.484. The lowest BCUT2D eigenvalue weighted by Crippen LogP contribution is -2.40. The molecule has 0 aromatic carbocycles. The standard InChI is InChI=1S/C21H24N4OS3/c1-2-17-16-8-11-28-18(16)7-9-24(17)20(26)13-29-21-23-22-19(25(21)14-5-6-14)12-15-4-3-10-27-15/h3-4,8,10-11,14,17H,2,5-7,9,12-13H2,1H3. The number of amides is 1. The summed E-state index contributed by atoms with van der Waals surface area (Å²) in [6.07, 6.45) is 5.12. The Labute approximate surface area is 183 Å². The van der Waals surface area contributed by atoms with Crippen LogP contribution in [0.5, 0.6) is 0 Å². The first-order valence-electron chi connectivity index (χ1n) is 10.2. The molecule has 2 aliphatic rings. The largest absolute Gasteiger partial charge is 0.335 e. The van der Waals surface area contributed by atoms with Gasteiger partial charge in [0, 0.05) is 28.8 Å². The molecule has 1 fully saturated rings. The molecule has 1 amide bonds. The van der Waals surface area contributed by atoms with E-state index in [1.54, 1.807) is 23.1 Å². The Balaban J connectivity index is 1.29. The minimum atomic E-state index is 0.212. The highest BCUT2D eigenvalue weighted by Gasteiger charge is 2.32. The molecule has 152 valence electrons. The Morgan fingerprint density at radius 1 is 1.24 bits per heavy atom. The van der Waals surface area contributed by atoms with E-state index in [4.69, 9.17) is 0 Å². The van der Waals surface area contributed by atoms with Crippen LogP contribution in [0, 0.1) is 0 Å². The number of thiophene rings is 2. The third kappa shape index (κ3) is 3.90. The number of carbonyl (C=O) groups excluding carboxylic acids is 1. The molecule has 1 unspecified atom stereocenters. The van der Waals surface area contributed by atoms with Crippen molar-refractivity contribution in [3.8, 4) is 0 Å². The highest BCUT2D eigenvalue weighted by molar-refractivity contribution is 7.99. The van der Waals surface area contributed by atoms with E-state index in [1.807, 2.05) is 11.3 Å². The van der Waals surface area contributed by atoms with Crippen LogP contribution in [0.1, 0.15) is 59.4 Å². The van der Waals surface area contributed by atoms with E-state index in [-0.39, 0.29) is 11.9 Å². The molecule has 8 heteroatoms. The second kappa shape index (κ2) is 8.24. The van der Waals surface area contributed by atoms with Crippen LogP contribution >= 0.6 is 34.4 Å². The molecule has 4 heterocycles. The number of rotatable bonds is 7. The first kappa shape index (κ1) is 19.3. The summed E-state index contributed by atoms with van der Waals surface area (Å²) in [5.41, 5.74) is 1.35. The number of hydrogen-bond donors (Lipinski definition) is 0. The van der Waals surface area contributed by atoms with E-state index in [9.17, 15) is 4.79 Å². The predicted octanol–water partition coefficient (Wildman–Crippen LogP) is 4.95. The van der Waals surface area contributed by atoms with Gasteiger partial charge in [0.2, 0.25) is 5.91 Å². The molecular weight excluding hydrogens is 420 g/mol. The Morgan fingerprint density at radius 2 is 2.14 bits per heavy atom. The van der Waals surface area contributed by atoms with Crippen LogP contribution < -0.4 is 0 Å². The molecule has 0 bridgehead atoms. The Hall–Kier alpha value is -1.64. The Morgan fingerprint density at radius 3 is 2.90 bits per heavy atom. The average Bonchev–Trinajstić information content (AvgIpc) is 3.13. The van der Waals surface area contributed by atoms with E-state index in [1.165, 1.54) is 28.2 Å². The fourth-order valence-corrected chi connectivity index (χ4v) is 6.68. The summed E-state index contributed by atoms with van der Waals surface area (Å²) < 4.78 is 2.28. The maximum absolute atomic E-state index is 13.1. The highest BCUT2D eigenvalue weighted by atomic mass is 32.2. The fraction of sp³-hybridized carbons (Fsp3) is 0.476. The number of fused-ring (bicyclic) bond motifs is 1. The van der Waals surface area contributed by atoms with Gasteiger partial charge in [-0.1, -0.05) is 24.8 Å². The number of hydrogen-bond acceptors (Lipinski definition) is 6. The number of aromatic nitrogens is 3. The molecule has 0 N–H and O–H groups in total. The van der Waals surface area contributed by atoms with Crippen LogP contribution in [0.15, 0.2) is 34.1 Å². The second-order valence-electron chi connectivity index (χ2n) is 7.61. The lowest BCUT2D eigenvalue weighted by molar-refractivity contribution is -0.131. The van der Waals surface area contributed by atoms with E-state index >= 15 is 0 Å². The predicted molar refractivity (Wildman–Crippen MR) is 119 cm³/mol. The zero-order valence-electron chi connectivity index (χ0n) is 16.4. The summed E-state index contributed by atoms with van der Waals surface area (Å²) in [5, 5.41) is 14.1. The fourth-order valence-electron chi connectivity index (χ4n) is 4.14. The topological polar surface area (TPSA) is 51.0 Å². The molecule has 1 aliphatic heterocycles. The van der Waals surface area contributed by atoms with Crippen LogP contribution in [0.2, 0.25) is 0 Å². The van der Waals surface area contributed by atoms with Crippen molar-refractivity contribution >= 4 is 40.3 Å². The van der Waals surface area contributed by atoms with Gasteiger partial charge in [0.05, 0.1) is 11.8 Å². The van der Waals surface area contributed by atoms with Crippen molar-refractivity contribution < 1.29 is 4.79 Å². The van der Waals surface area contributed by atoms with E-state index in [0.29, 0.717) is 11.8 Å². The molecule has 0 radical (unpaired) electrons. The first-order chi connectivity index (χ1) is 14.2. The molecule has 0 saturated heterocycles. The van der Waals surface area contributed by atoms with Crippen LogP contribution in [-0.4, -0.2) is 37.9 Å². The van der Waals surface area contributed by atoms with Gasteiger partial charge in [-0.05, 0) is 54.1 Å². The monoisotopic (exact) mass is 444 g/mol. The van der Waals surface area contributed by atoms with Gasteiger partial charge in [-0.2, -0.15) is 0 Å². The molecule has 1 aliphatic carbocycles. The average molecular weight is 445 g/mol. The summed E-state index contributed by atoms with van der Waals surface area (Å²) in [6.45, 7) is 3.00. The number of thioether (sulfide) groups is 1. The summed E-state index contributed by atoms with van der Waals surface area (Å²) in [7, 11) is 0. The number of nitrogens with zero attached hydrogens (tertiary/aromatic N) is 4. The molecule has 0 spiro atoms. The zero-order valence-corrected chi connectivity index (χ0v) is 18.9. The second-order valence-corrected chi connectivity index (χ2v) is 10.6. The summed E-state index contributed by atoms with van der Waals surface area (Å²) >= 11 is 5.13. The van der Waals surface area contributed by atoms with E-state index < -0.39 is 0 Å². The molecule has 3 aromatic rings. The van der Waals surface area contributed by atoms with Crippen molar-refractivity contribution in [3.63, 3.8) is 0 Å². The highest BCUT2D eigenvalue weighted by Crippen LogP contribution is 2.40. The summed E-state index contributed by atoms with van der Waals surface area (Å²) in [6, 6.07) is 7.14. The third-order valence-electron chi connectivity index (χ3n) is 5.69. The molecule has 5 nitrogen and oxygen atoms in total. The van der Waals surface area contributed by atoms with E-state index in [2.05, 4.69) is 55.5 Å². The Kier molecular flexibility index (Phi) is 5.49. The minimum absolute atomic E-state index is 0.212. The van der Waals surface area contributed by atoms with Gasteiger partial charge in [0.25, 0.3) is 0 Å². The van der Waals surface area contributed by atoms with Gasteiger partial charge < -0.3 is 9.47 Å². The van der Waals surface area contributed by atoms with Crippen molar-refractivity contribution in [1.82, 2.24) is 19.7 Å². The first-order valence-corrected chi connectivity index (χ1v) is 12.9. The SMILES string of the molecule is CCC1c2ccsc2CCN1C(=O)CSc1nnc(Cc2cccs2)n1C1CC1. The number of carbonyl (C=O) groups is 1. The van der Waals surface area contributed by atoms with Crippen molar-refractivity contribution in [1.29, 1.82) is 0 Å². The molecular formula is C21H24N4OS3. The normalized spacial score (nSPS) is 18.8. The molecule has 1 atom stereocenters. The molecule has 3 aromatic heterocycles. The molecule has 29 heavy (non-hydrogen) atoms. The van der Waals surface area contributed by atoms with Crippen molar-refractivity contribution in [2.45, 2.75) is 56.3 Å². The lowest BCUT2D eigenvalue weighted by Gasteiger charge is -2.35. The van der Waals surface area contributed by atoms with Gasteiger partial charge in [-0.15, -0.1) is 32.9 Å². The zero-order chi connectivity index (χ0) is 19.8.